The van der Waals surface area contributed by atoms with Gasteiger partial charge in [-0.2, -0.15) is 0 Å². The van der Waals surface area contributed by atoms with Gasteiger partial charge in [0.25, 0.3) is 0 Å². The van der Waals surface area contributed by atoms with Crippen molar-refractivity contribution in [3.63, 3.8) is 0 Å². The highest BCUT2D eigenvalue weighted by Gasteiger charge is 2.24. The molecule has 148 valence electrons. The Kier molecular flexibility index (Phi) is 15.9. The van der Waals surface area contributed by atoms with Crippen LogP contribution in [-0.2, 0) is 15.3 Å². The van der Waals surface area contributed by atoms with Gasteiger partial charge in [-0.25, -0.2) is 0 Å². The minimum atomic E-state index is -0.624. The summed E-state index contributed by atoms with van der Waals surface area (Å²) in [4.78, 5) is 0. The van der Waals surface area contributed by atoms with E-state index in [1.54, 1.807) is 21.1 Å². The predicted octanol–water partition coefficient (Wildman–Crippen LogP) is 6.25. The monoisotopic (exact) mass is 362 g/mol. The van der Waals surface area contributed by atoms with Crippen LogP contribution in [-0.4, -0.2) is 19.3 Å². The van der Waals surface area contributed by atoms with Crippen LogP contribution in [0.3, 0.4) is 0 Å². The van der Waals surface area contributed by atoms with Gasteiger partial charge in [0.05, 0.1) is 6.10 Å². The third-order valence-corrected chi connectivity index (χ3v) is 3.72. The second-order valence-electron chi connectivity index (χ2n) is 5.25. The third-order valence-electron chi connectivity index (χ3n) is 3.72. The Morgan fingerprint density at radius 1 is 0.808 bits per heavy atom. The van der Waals surface area contributed by atoms with Gasteiger partial charge in [-0.15, -0.1) is 0 Å². The van der Waals surface area contributed by atoms with Crippen LogP contribution in [0.5, 0.6) is 0 Å². The number of aliphatic hydroxyl groups is 1. The average Bonchev–Trinajstić information content (AvgIpc) is 2.71. The van der Waals surface area contributed by atoms with Crippen molar-refractivity contribution in [2.45, 2.75) is 60.4 Å². The Morgan fingerprint density at radius 3 is 1.58 bits per heavy atom. The summed E-state index contributed by atoms with van der Waals surface area (Å²) in [7, 11) is 3.27. The first-order valence-corrected chi connectivity index (χ1v) is 9.34. The molecule has 1 atom stereocenters. The summed E-state index contributed by atoms with van der Waals surface area (Å²) in [5.41, 5.74) is 3.19. The Bertz CT molecular complexity index is 546. The van der Waals surface area contributed by atoms with E-state index < -0.39 is 5.79 Å². The Morgan fingerprint density at radius 2 is 1.23 bits per heavy atom. The average molecular weight is 363 g/mol. The minimum Gasteiger partial charge on any atom is -0.389 e. The van der Waals surface area contributed by atoms with Gasteiger partial charge in [-0.1, -0.05) is 82.3 Å². The van der Waals surface area contributed by atoms with Crippen molar-refractivity contribution >= 4 is 0 Å². The summed E-state index contributed by atoms with van der Waals surface area (Å²) in [6.07, 6.45) is -0.346. The lowest BCUT2D eigenvalue weighted by molar-refractivity contribution is -0.201. The van der Waals surface area contributed by atoms with Crippen molar-refractivity contribution in [3.05, 3.63) is 71.3 Å². The molecule has 0 heterocycles. The second kappa shape index (κ2) is 15.6. The second-order valence-corrected chi connectivity index (χ2v) is 5.25. The lowest BCUT2D eigenvalue weighted by Gasteiger charge is -2.26. The minimum absolute atomic E-state index is 0.346. The van der Waals surface area contributed by atoms with Crippen molar-refractivity contribution in [3.8, 4) is 0 Å². The number of methoxy groups -OCH3 is 2. The van der Waals surface area contributed by atoms with E-state index in [1.165, 1.54) is 0 Å². The number of benzene rings is 2. The SMILES string of the molecule is CC.CC.COC(C)(OC)c1ccccc1.Cc1ccccc1C(C)O. The molecule has 0 saturated heterocycles. The normalized spacial score (nSPS) is 10.8. The molecule has 0 bridgehead atoms. The standard InChI is InChI=1S/C10H14O2.C9H12O.2C2H6/c1-10(11-2,12-3)9-7-5-4-6-8-9;1-7-5-3-4-6-9(7)8(2)10;2*1-2/h4-8H,1-3H3;3-6,8,10H,1-2H3;2*1-2H3. The van der Waals surface area contributed by atoms with Gasteiger partial charge in [-0.3, -0.25) is 0 Å². The molecule has 26 heavy (non-hydrogen) atoms. The molecule has 2 aromatic carbocycles. The lowest BCUT2D eigenvalue weighted by atomic mass is 10.1. The maximum atomic E-state index is 9.20. The van der Waals surface area contributed by atoms with Crippen molar-refractivity contribution in [1.29, 1.82) is 0 Å². The van der Waals surface area contributed by atoms with Crippen molar-refractivity contribution in [2.24, 2.45) is 0 Å². The first kappa shape index (κ1) is 26.5. The largest absolute Gasteiger partial charge is 0.389 e. The molecule has 1 N–H and O–H groups in total. The van der Waals surface area contributed by atoms with Crippen LogP contribution < -0.4 is 0 Å². The number of rotatable bonds is 4. The molecule has 0 fully saturated rings. The van der Waals surface area contributed by atoms with Crippen LogP contribution >= 0.6 is 0 Å². The number of hydrogen-bond acceptors (Lipinski definition) is 3. The molecular weight excluding hydrogens is 324 g/mol. The highest BCUT2D eigenvalue weighted by atomic mass is 16.7. The van der Waals surface area contributed by atoms with Crippen LogP contribution in [0.15, 0.2) is 54.6 Å². The van der Waals surface area contributed by atoms with E-state index in [-0.39, 0.29) is 6.10 Å². The van der Waals surface area contributed by atoms with Crippen LogP contribution in [0, 0.1) is 6.92 Å². The lowest BCUT2D eigenvalue weighted by Crippen LogP contribution is -2.26. The van der Waals surface area contributed by atoms with Crippen LogP contribution in [0.25, 0.3) is 0 Å². The summed E-state index contributed by atoms with van der Waals surface area (Å²) >= 11 is 0. The van der Waals surface area contributed by atoms with E-state index in [9.17, 15) is 5.11 Å². The summed E-state index contributed by atoms with van der Waals surface area (Å²) in [6.45, 7) is 13.7. The molecule has 2 aromatic rings. The van der Waals surface area contributed by atoms with E-state index in [4.69, 9.17) is 9.47 Å². The Hall–Kier alpha value is -1.68. The predicted molar refractivity (Wildman–Crippen MR) is 112 cm³/mol. The molecule has 1 unspecified atom stereocenters. The van der Waals surface area contributed by atoms with Gasteiger partial charge < -0.3 is 14.6 Å². The molecule has 0 amide bonds. The van der Waals surface area contributed by atoms with E-state index in [1.807, 2.05) is 96.1 Å². The maximum absolute atomic E-state index is 9.20. The number of hydrogen-bond donors (Lipinski definition) is 1. The maximum Gasteiger partial charge on any atom is 0.191 e. The highest BCUT2D eigenvalue weighted by molar-refractivity contribution is 5.26. The Labute approximate surface area is 161 Å². The zero-order chi connectivity index (χ0) is 20.6. The molecule has 2 rings (SSSR count). The van der Waals surface area contributed by atoms with Gasteiger partial charge in [0.2, 0.25) is 0 Å². The van der Waals surface area contributed by atoms with Gasteiger partial charge in [0, 0.05) is 19.8 Å². The van der Waals surface area contributed by atoms with E-state index in [0.29, 0.717) is 0 Å². The van der Waals surface area contributed by atoms with Gasteiger partial charge in [0.15, 0.2) is 5.79 Å². The molecule has 0 aliphatic heterocycles. The fourth-order valence-corrected chi connectivity index (χ4v) is 2.12. The van der Waals surface area contributed by atoms with E-state index in [0.717, 1.165) is 16.7 Å². The summed E-state index contributed by atoms with van der Waals surface area (Å²) < 4.78 is 10.5. The molecular formula is C23H38O3. The number of ether oxygens (including phenoxy) is 2. The number of aliphatic hydroxyl groups excluding tert-OH is 1. The molecule has 0 spiro atoms. The quantitative estimate of drug-likeness (QED) is 0.653. The topological polar surface area (TPSA) is 38.7 Å². The van der Waals surface area contributed by atoms with Crippen LogP contribution in [0.2, 0.25) is 0 Å². The summed E-state index contributed by atoms with van der Waals surface area (Å²) in [5.74, 6) is -0.624. The molecule has 3 heteroatoms. The zero-order valence-corrected chi connectivity index (χ0v) is 18.0. The first-order valence-electron chi connectivity index (χ1n) is 9.34. The summed E-state index contributed by atoms with van der Waals surface area (Å²) in [6, 6.07) is 17.7. The van der Waals surface area contributed by atoms with Gasteiger partial charge in [-0.05, 0) is 31.9 Å². The fourth-order valence-electron chi connectivity index (χ4n) is 2.12. The molecule has 0 saturated carbocycles. The summed E-state index contributed by atoms with van der Waals surface area (Å²) in [5, 5.41) is 9.20. The smallest absolute Gasteiger partial charge is 0.191 e. The molecule has 0 aliphatic rings. The van der Waals surface area contributed by atoms with Gasteiger partial charge >= 0.3 is 0 Å². The number of aryl methyl sites for hydroxylation is 1. The van der Waals surface area contributed by atoms with E-state index in [2.05, 4.69) is 0 Å². The highest BCUT2D eigenvalue weighted by Crippen LogP contribution is 2.24. The first-order chi connectivity index (χ1) is 12.4. The van der Waals surface area contributed by atoms with Crippen molar-refractivity contribution in [1.82, 2.24) is 0 Å². The molecule has 3 nitrogen and oxygen atoms in total. The van der Waals surface area contributed by atoms with Crippen LogP contribution in [0.4, 0.5) is 0 Å². The molecule has 0 aliphatic carbocycles. The van der Waals surface area contributed by atoms with Crippen LogP contribution in [0.1, 0.15) is 64.3 Å². The fraction of sp³-hybridized carbons (Fsp3) is 0.478. The van der Waals surface area contributed by atoms with Crippen molar-refractivity contribution in [2.75, 3.05) is 14.2 Å². The molecule has 0 aromatic heterocycles. The van der Waals surface area contributed by atoms with Gasteiger partial charge in [0.1, 0.15) is 0 Å². The third kappa shape index (κ3) is 9.14. The zero-order valence-electron chi connectivity index (χ0n) is 18.0. The Balaban J connectivity index is 0. The van der Waals surface area contributed by atoms with E-state index >= 15 is 0 Å². The molecule has 0 radical (unpaired) electrons. The van der Waals surface area contributed by atoms with Crippen molar-refractivity contribution < 1.29 is 14.6 Å².